The van der Waals surface area contributed by atoms with E-state index in [4.69, 9.17) is 4.74 Å². The van der Waals surface area contributed by atoms with Crippen molar-refractivity contribution in [3.63, 3.8) is 0 Å². The van der Waals surface area contributed by atoms with Gasteiger partial charge in [0.05, 0.1) is 13.5 Å². The van der Waals surface area contributed by atoms with Crippen molar-refractivity contribution in [2.24, 2.45) is 0 Å². The van der Waals surface area contributed by atoms with Crippen LogP contribution < -0.4 is 5.32 Å². The molecule has 0 unspecified atom stereocenters. The monoisotopic (exact) mass is 409 g/mol. The first-order chi connectivity index (χ1) is 13.5. The zero-order chi connectivity index (χ0) is 21.7. The molecule has 2 aromatic rings. The SMILES string of the molecule is COC(=O)[C@H](CC#C[Si](C)(C)C(C)(C)C)NC(=O)Cc1ccc2ccccc2c1. The molecule has 5 heteroatoms. The van der Waals surface area contributed by atoms with Crippen LogP contribution in [0.3, 0.4) is 0 Å². The number of methoxy groups -OCH3 is 1. The van der Waals surface area contributed by atoms with Crippen LogP contribution in [-0.2, 0) is 20.7 Å². The summed E-state index contributed by atoms with van der Waals surface area (Å²) in [4.78, 5) is 24.7. The van der Waals surface area contributed by atoms with Crippen molar-refractivity contribution in [1.82, 2.24) is 5.32 Å². The lowest BCUT2D eigenvalue weighted by Crippen LogP contribution is -2.42. The number of rotatable bonds is 5. The minimum Gasteiger partial charge on any atom is -0.467 e. The minimum absolute atomic E-state index is 0.139. The number of amides is 1. The maximum atomic E-state index is 12.5. The third-order valence-electron chi connectivity index (χ3n) is 5.58. The highest BCUT2D eigenvalue weighted by Crippen LogP contribution is 2.35. The van der Waals surface area contributed by atoms with Gasteiger partial charge in [0.25, 0.3) is 0 Å². The molecule has 4 nitrogen and oxygen atoms in total. The zero-order valence-corrected chi connectivity index (χ0v) is 19.3. The number of ether oxygens (including phenoxy) is 1. The number of hydrogen-bond acceptors (Lipinski definition) is 3. The summed E-state index contributed by atoms with van der Waals surface area (Å²) in [5, 5.41) is 5.14. The van der Waals surface area contributed by atoms with E-state index in [0.29, 0.717) is 0 Å². The number of nitrogens with one attached hydrogen (secondary N) is 1. The van der Waals surface area contributed by atoms with E-state index in [1.807, 2.05) is 42.5 Å². The molecule has 2 rings (SSSR count). The Kier molecular flexibility index (Phi) is 7.26. The van der Waals surface area contributed by atoms with Crippen molar-refractivity contribution in [1.29, 1.82) is 0 Å². The molecule has 0 aromatic heterocycles. The number of fused-ring (bicyclic) bond motifs is 1. The lowest BCUT2D eigenvalue weighted by Gasteiger charge is -2.31. The third-order valence-corrected chi connectivity index (χ3v) is 10.1. The number of hydrogen-bond donors (Lipinski definition) is 1. The molecule has 1 atom stereocenters. The fraction of sp³-hybridized carbons (Fsp3) is 0.417. The van der Waals surface area contributed by atoms with Crippen LogP contribution in [0.1, 0.15) is 32.8 Å². The standard InChI is InChI=1S/C24H31NO3Si/c1-24(2,3)29(5,6)15-9-12-21(23(27)28-4)25-22(26)17-18-13-14-19-10-7-8-11-20(19)16-18/h7-8,10-11,13-14,16,21H,12,17H2,1-6H3,(H,25,26)/t21-/m0/s1. The normalized spacial score (nSPS) is 12.6. The Labute approximate surface area is 175 Å². The van der Waals surface area contributed by atoms with E-state index >= 15 is 0 Å². The van der Waals surface area contributed by atoms with E-state index in [1.165, 1.54) is 7.11 Å². The van der Waals surface area contributed by atoms with Gasteiger partial charge in [-0.3, -0.25) is 4.79 Å². The van der Waals surface area contributed by atoms with E-state index in [0.717, 1.165) is 16.3 Å². The highest BCUT2D eigenvalue weighted by atomic mass is 28.3. The molecule has 0 radical (unpaired) electrons. The van der Waals surface area contributed by atoms with E-state index < -0.39 is 20.1 Å². The molecule has 0 fully saturated rings. The van der Waals surface area contributed by atoms with E-state index in [2.05, 4.69) is 50.6 Å². The van der Waals surface area contributed by atoms with E-state index in [9.17, 15) is 9.59 Å². The number of carbonyl (C=O) groups excluding carboxylic acids is 2. The highest BCUT2D eigenvalue weighted by Gasteiger charge is 2.33. The van der Waals surface area contributed by atoms with Gasteiger partial charge in [0.1, 0.15) is 14.1 Å². The van der Waals surface area contributed by atoms with Gasteiger partial charge in [0, 0.05) is 6.42 Å². The van der Waals surface area contributed by atoms with Gasteiger partial charge >= 0.3 is 5.97 Å². The fourth-order valence-electron chi connectivity index (χ4n) is 2.68. The van der Waals surface area contributed by atoms with Gasteiger partial charge in [0.2, 0.25) is 5.91 Å². The molecule has 0 bridgehead atoms. The molecule has 0 spiro atoms. The van der Waals surface area contributed by atoms with Crippen LogP contribution in [-0.4, -0.2) is 33.1 Å². The maximum Gasteiger partial charge on any atom is 0.329 e. The van der Waals surface area contributed by atoms with Gasteiger partial charge in [-0.05, 0) is 21.4 Å². The molecule has 1 N–H and O–H groups in total. The number of esters is 1. The van der Waals surface area contributed by atoms with Gasteiger partial charge in [-0.15, -0.1) is 11.5 Å². The molecule has 2 aromatic carbocycles. The van der Waals surface area contributed by atoms with E-state index in [1.54, 1.807) is 0 Å². The summed E-state index contributed by atoms with van der Waals surface area (Å²) in [5.74, 6) is 2.45. The molecular weight excluding hydrogens is 378 g/mol. The largest absolute Gasteiger partial charge is 0.467 e. The Morgan fingerprint density at radius 1 is 1.10 bits per heavy atom. The minimum atomic E-state index is -1.77. The first-order valence-electron chi connectivity index (χ1n) is 9.88. The fourth-order valence-corrected chi connectivity index (χ4v) is 3.60. The Bertz CT molecular complexity index is 948. The molecule has 0 aliphatic rings. The summed E-state index contributed by atoms with van der Waals surface area (Å²) in [6.07, 6.45) is 0.455. The van der Waals surface area contributed by atoms with Crippen LogP contribution in [0.2, 0.25) is 18.1 Å². The summed E-state index contributed by atoms with van der Waals surface area (Å²) in [6.45, 7) is 11.0. The molecule has 0 saturated heterocycles. The molecular formula is C24H31NO3Si. The van der Waals surface area contributed by atoms with Gasteiger partial charge < -0.3 is 10.1 Å². The quantitative estimate of drug-likeness (QED) is 0.450. The van der Waals surface area contributed by atoms with Crippen LogP contribution >= 0.6 is 0 Å². The Hall–Kier alpha value is -2.58. The molecule has 29 heavy (non-hydrogen) atoms. The van der Waals surface area contributed by atoms with Crippen molar-refractivity contribution in [3.05, 3.63) is 48.0 Å². The first kappa shape index (κ1) is 22.7. The summed E-state index contributed by atoms with van der Waals surface area (Å²) in [7, 11) is -0.444. The van der Waals surface area contributed by atoms with Crippen molar-refractivity contribution in [3.8, 4) is 11.5 Å². The predicted octanol–water partition coefficient (Wildman–Crippen LogP) is 4.48. The molecule has 0 saturated carbocycles. The summed E-state index contributed by atoms with van der Waals surface area (Å²) < 4.78 is 4.86. The Morgan fingerprint density at radius 3 is 2.38 bits per heavy atom. The van der Waals surface area contributed by atoms with Crippen LogP contribution in [0.15, 0.2) is 42.5 Å². The van der Waals surface area contributed by atoms with Gasteiger partial charge in [-0.2, -0.15) is 0 Å². The summed E-state index contributed by atoms with van der Waals surface area (Å²) >= 11 is 0. The van der Waals surface area contributed by atoms with Crippen LogP contribution in [0.25, 0.3) is 10.8 Å². The Morgan fingerprint density at radius 2 is 1.76 bits per heavy atom. The van der Waals surface area contributed by atoms with Crippen LogP contribution in [0.5, 0.6) is 0 Å². The molecule has 0 aliphatic carbocycles. The molecule has 154 valence electrons. The molecule has 0 heterocycles. The maximum absolute atomic E-state index is 12.5. The second kappa shape index (κ2) is 9.28. The van der Waals surface area contributed by atoms with Crippen LogP contribution in [0, 0.1) is 11.5 Å². The van der Waals surface area contributed by atoms with E-state index in [-0.39, 0.29) is 23.8 Å². The van der Waals surface area contributed by atoms with Crippen LogP contribution in [0.4, 0.5) is 0 Å². The van der Waals surface area contributed by atoms with Crippen molar-refractivity contribution < 1.29 is 14.3 Å². The molecule has 1 amide bonds. The number of benzene rings is 2. The zero-order valence-electron chi connectivity index (χ0n) is 18.3. The van der Waals surface area contributed by atoms with Crippen molar-refractivity contribution in [2.45, 2.75) is 57.8 Å². The Balaban J connectivity index is 2.07. The lowest BCUT2D eigenvalue weighted by molar-refractivity contribution is -0.144. The molecule has 0 aliphatic heterocycles. The lowest BCUT2D eigenvalue weighted by atomic mass is 10.0. The predicted molar refractivity (Wildman–Crippen MR) is 121 cm³/mol. The van der Waals surface area contributed by atoms with Gasteiger partial charge in [-0.1, -0.05) is 76.3 Å². The second-order valence-electron chi connectivity index (χ2n) is 8.88. The van der Waals surface area contributed by atoms with Gasteiger partial charge in [-0.25, -0.2) is 4.79 Å². The smallest absolute Gasteiger partial charge is 0.329 e. The number of carbonyl (C=O) groups is 2. The van der Waals surface area contributed by atoms with Gasteiger partial charge in [0.15, 0.2) is 0 Å². The average Bonchev–Trinajstić information content (AvgIpc) is 2.65. The summed E-state index contributed by atoms with van der Waals surface area (Å²) in [6, 6.07) is 13.2. The van der Waals surface area contributed by atoms with Crippen molar-refractivity contribution >= 4 is 30.7 Å². The highest BCUT2D eigenvalue weighted by molar-refractivity contribution is 6.87. The first-order valence-corrected chi connectivity index (χ1v) is 12.9. The third kappa shape index (κ3) is 6.20. The average molecular weight is 410 g/mol. The van der Waals surface area contributed by atoms with Crippen molar-refractivity contribution in [2.75, 3.05) is 7.11 Å². The second-order valence-corrected chi connectivity index (χ2v) is 13.9. The topological polar surface area (TPSA) is 55.4 Å². The summed E-state index contributed by atoms with van der Waals surface area (Å²) in [5.41, 5.74) is 4.28.